The lowest BCUT2D eigenvalue weighted by Crippen LogP contribution is -2.46. The Kier molecular flexibility index (Phi) is 5.47. The molecule has 2 fully saturated rings. The van der Waals surface area contributed by atoms with Crippen molar-refractivity contribution in [1.82, 2.24) is 20.7 Å². The Morgan fingerprint density at radius 3 is 2.59 bits per heavy atom. The zero-order valence-corrected chi connectivity index (χ0v) is 16.6. The number of aromatic nitrogens is 1. The molecular formula is C22H26N4O3. The number of hydrogen-bond donors (Lipinski definition) is 2. The van der Waals surface area contributed by atoms with E-state index in [9.17, 15) is 14.4 Å². The summed E-state index contributed by atoms with van der Waals surface area (Å²) in [6.45, 7) is 2.67. The van der Waals surface area contributed by atoms with Gasteiger partial charge < -0.3 is 4.90 Å². The lowest BCUT2D eigenvalue weighted by molar-refractivity contribution is -0.131. The molecule has 0 unspecified atom stereocenters. The Balaban J connectivity index is 1.32. The van der Waals surface area contributed by atoms with Crippen LogP contribution in [0.3, 0.4) is 0 Å². The van der Waals surface area contributed by atoms with Crippen LogP contribution in [0.15, 0.2) is 36.4 Å². The molecule has 0 bridgehead atoms. The number of carbonyl (C=O) groups excluding carboxylic acids is 3. The molecule has 0 spiro atoms. The van der Waals surface area contributed by atoms with Gasteiger partial charge in [-0.15, -0.1) is 0 Å². The minimum absolute atomic E-state index is 0.0345. The van der Waals surface area contributed by atoms with E-state index in [2.05, 4.69) is 22.8 Å². The van der Waals surface area contributed by atoms with Gasteiger partial charge in [-0.3, -0.25) is 25.2 Å². The number of nitrogens with one attached hydrogen (secondary N) is 2. The number of likely N-dealkylation sites (tertiary alicyclic amines) is 1. The van der Waals surface area contributed by atoms with Crippen molar-refractivity contribution < 1.29 is 14.4 Å². The molecule has 2 N–H and O–H groups in total. The number of amides is 3. The molecule has 0 radical (unpaired) electrons. The summed E-state index contributed by atoms with van der Waals surface area (Å²) in [4.78, 5) is 43.4. The van der Waals surface area contributed by atoms with Gasteiger partial charge in [0.15, 0.2) is 0 Å². The highest BCUT2D eigenvalue weighted by atomic mass is 16.2. The summed E-state index contributed by atoms with van der Waals surface area (Å²) in [5.41, 5.74) is 5.83. The quantitative estimate of drug-likeness (QED) is 0.782. The number of hydrogen-bond acceptors (Lipinski definition) is 4. The zero-order valence-electron chi connectivity index (χ0n) is 16.6. The smallest absolute Gasteiger partial charge is 0.288 e. The number of hydrazine groups is 1. The molecule has 29 heavy (non-hydrogen) atoms. The summed E-state index contributed by atoms with van der Waals surface area (Å²) in [6, 6.07) is 11.2. The van der Waals surface area contributed by atoms with Crippen LogP contribution < -0.4 is 10.9 Å². The molecule has 1 atom stereocenters. The van der Waals surface area contributed by atoms with Crippen LogP contribution >= 0.6 is 0 Å². The van der Waals surface area contributed by atoms with Gasteiger partial charge in [0, 0.05) is 24.4 Å². The van der Waals surface area contributed by atoms with E-state index in [0.717, 1.165) is 31.1 Å². The molecule has 1 aliphatic heterocycles. The van der Waals surface area contributed by atoms with Crippen LogP contribution in [0.25, 0.3) is 10.9 Å². The Morgan fingerprint density at radius 1 is 1.03 bits per heavy atom. The summed E-state index contributed by atoms with van der Waals surface area (Å²) >= 11 is 0. The summed E-state index contributed by atoms with van der Waals surface area (Å²) in [5.74, 6) is -0.508. The minimum Gasteiger partial charge on any atom is -0.339 e. The lowest BCUT2D eigenvalue weighted by atomic mass is 9.87. The Labute approximate surface area is 169 Å². The fraction of sp³-hybridized carbons (Fsp3) is 0.455. The molecule has 1 aromatic heterocycles. The van der Waals surface area contributed by atoms with Crippen LogP contribution in [0.5, 0.6) is 0 Å². The average molecular weight is 394 g/mol. The first-order valence-corrected chi connectivity index (χ1v) is 10.3. The first-order chi connectivity index (χ1) is 14.0. The van der Waals surface area contributed by atoms with Crippen LogP contribution in [0.4, 0.5) is 0 Å². The number of fused-ring (bicyclic) bond motifs is 1. The van der Waals surface area contributed by atoms with Gasteiger partial charge >= 0.3 is 0 Å². The van der Waals surface area contributed by atoms with Gasteiger partial charge in [0.1, 0.15) is 5.69 Å². The van der Waals surface area contributed by atoms with Crippen molar-refractivity contribution >= 4 is 28.6 Å². The third-order valence-corrected chi connectivity index (χ3v) is 6.09. The zero-order chi connectivity index (χ0) is 20.4. The van der Waals surface area contributed by atoms with Crippen molar-refractivity contribution in [2.75, 3.05) is 6.54 Å². The molecule has 1 aromatic carbocycles. The highest BCUT2D eigenvalue weighted by Gasteiger charge is 2.38. The molecule has 2 aromatic rings. The maximum atomic E-state index is 12.5. The highest BCUT2D eigenvalue weighted by Crippen LogP contribution is 2.31. The van der Waals surface area contributed by atoms with Crippen molar-refractivity contribution in [3.63, 3.8) is 0 Å². The van der Waals surface area contributed by atoms with E-state index in [1.54, 1.807) is 6.07 Å². The minimum atomic E-state index is -0.480. The van der Waals surface area contributed by atoms with Crippen molar-refractivity contribution in [2.45, 2.75) is 45.1 Å². The molecule has 2 heterocycles. The third-order valence-electron chi connectivity index (χ3n) is 6.09. The number of pyridine rings is 1. The normalized spacial score (nSPS) is 24.5. The van der Waals surface area contributed by atoms with Gasteiger partial charge in [0.25, 0.3) is 5.91 Å². The van der Waals surface area contributed by atoms with Crippen LogP contribution in [0.1, 0.15) is 49.5 Å². The fourth-order valence-electron chi connectivity index (χ4n) is 4.29. The van der Waals surface area contributed by atoms with Gasteiger partial charge in [0.05, 0.1) is 11.4 Å². The Bertz CT molecular complexity index is 937. The van der Waals surface area contributed by atoms with Crippen LogP contribution in [0.2, 0.25) is 0 Å². The molecular weight excluding hydrogens is 368 g/mol. The molecule has 152 valence electrons. The largest absolute Gasteiger partial charge is 0.339 e. The van der Waals surface area contributed by atoms with Crippen molar-refractivity contribution in [3.05, 3.63) is 42.1 Å². The first kappa shape index (κ1) is 19.4. The lowest BCUT2D eigenvalue weighted by Gasteiger charge is -2.33. The number of para-hydroxylation sites is 1. The Hall–Kier alpha value is -2.96. The molecule has 1 saturated carbocycles. The maximum Gasteiger partial charge on any atom is 0.288 e. The molecule has 2 aliphatic rings. The highest BCUT2D eigenvalue weighted by molar-refractivity contribution is 5.96. The van der Waals surface area contributed by atoms with E-state index in [4.69, 9.17) is 0 Å². The number of nitrogens with zero attached hydrogens (tertiary/aromatic N) is 2. The number of rotatable bonds is 3. The topological polar surface area (TPSA) is 91.4 Å². The number of benzene rings is 1. The number of carbonyl (C=O) groups is 3. The third kappa shape index (κ3) is 4.23. The van der Waals surface area contributed by atoms with Gasteiger partial charge in [0.2, 0.25) is 11.8 Å². The summed E-state index contributed by atoms with van der Waals surface area (Å²) in [7, 11) is 0. The second kappa shape index (κ2) is 8.19. The van der Waals surface area contributed by atoms with Gasteiger partial charge in [-0.1, -0.05) is 31.2 Å². The van der Waals surface area contributed by atoms with Crippen LogP contribution in [-0.4, -0.2) is 40.2 Å². The van der Waals surface area contributed by atoms with Gasteiger partial charge in [-0.05, 0) is 43.7 Å². The first-order valence-electron chi connectivity index (χ1n) is 10.3. The predicted octanol–water partition coefficient (Wildman–Crippen LogP) is 2.42. The molecule has 4 rings (SSSR count). The second-order valence-electron chi connectivity index (χ2n) is 8.19. The summed E-state index contributed by atoms with van der Waals surface area (Å²) in [5, 5.41) is 0.940. The van der Waals surface area contributed by atoms with E-state index in [0.29, 0.717) is 18.0 Å². The van der Waals surface area contributed by atoms with Crippen LogP contribution in [0, 0.1) is 11.8 Å². The van der Waals surface area contributed by atoms with Crippen molar-refractivity contribution in [3.8, 4) is 0 Å². The maximum absolute atomic E-state index is 12.5. The fourth-order valence-corrected chi connectivity index (χ4v) is 4.29. The van der Waals surface area contributed by atoms with E-state index in [1.165, 1.54) is 0 Å². The van der Waals surface area contributed by atoms with Gasteiger partial charge in [-0.2, -0.15) is 0 Å². The molecule has 7 heteroatoms. The summed E-state index contributed by atoms with van der Waals surface area (Å²) in [6.07, 6.45) is 4.46. The SMILES string of the molecule is CC1CCC(N2C[C@H](C(=O)NNC(=O)c3ccc4ccccc4n3)CC2=O)CC1. The standard InChI is InChI=1S/C22H26N4O3/c1-14-6-9-17(10-7-14)26-13-16(12-20(26)27)21(28)24-25-22(29)19-11-8-15-4-2-3-5-18(15)23-19/h2-5,8,11,14,16-17H,6-7,9-10,12-13H2,1H3,(H,24,28)(H,25,29)/t14?,16-,17?/m1/s1. The van der Waals surface area contributed by atoms with E-state index >= 15 is 0 Å². The van der Waals surface area contributed by atoms with Crippen LogP contribution in [-0.2, 0) is 9.59 Å². The second-order valence-corrected chi connectivity index (χ2v) is 8.19. The van der Waals surface area contributed by atoms with E-state index in [1.807, 2.05) is 35.2 Å². The molecule has 1 aliphatic carbocycles. The monoisotopic (exact) mass is 394 g/mol. The molecule has 1 saturated heterocycles. The van der Waals surface area contributed by atoms with Gasteiger partial charge in [-0.25, -0.2) is 4.98 Å². The van der Waals surface area contributed by atoms with Crippen molar-refractivity contribution in [2.24, 2.45) is 11.8 Å². The predicted molar refractivity (Wildman–Crippen MR) is 109 cm³/mol. The van der Waals surface area contributed by atoms with Crippen molar-refractivity contribution in [1.29, 1.82) is 0 Å². The van der Waals surface area contributed by atoms with E-state index < -0.39 is 11.8 Å². The summed E-state index contributed by atoms with van der Waals surface area (Å²) < 4.78 is 0. The Morgan fingerprint density at radius 2 is 1.79 bits per heavy atom. The average Bonchev–Trinajstić information content (AvgIpc) is 3.13. The molecule has 3 amide bonds. The van der Waals surface area contributed by atoms with E-state index in [-0.39, 0.29) is 30.0 Å². The molecule has 7 nitrogen and oxygen atoms in total.